The van der Waals surface area contributed by atoms with Gasteiger partial charge in [0.05, 0.1) is 21.6 Å². The van der Waals surface area contributed by atoms with E-state index in [4.69, 9.17) is 9.72 Å². The van der Waals surface area contributed by atoms with Gasteiger partial charge in [0.25, 0.3) is 0 Å². The number of rotatable bonds is 2. The molecule has 0 radical (unpaired) electrons. The predicted octanol–water partition coefficient (Wildman–Crippen LogP) is 6.93. The minimum atomic E-state index is 0.856. The molecule has 0 bridgehead atoms. The van der Waals surface area contributed by atoms with Crippen LogP contribution >= 0.6 is 11.3 Å². The second-order valence-corrected chi connectivity index (χ2v) is 7.81. The molecule has 0 unspecified atom stereocenters. The maximum absolute atomic E-state index is 6.10. The summed E-state index contributed by atoms with van der Waals surface area (Å²) >= 11 is 1.66. The summed E-state index contributed by atoms with van der Waals surface area (Å²) in [5, 5.41) is 1.00. The molecule has 0 saturated carbocycles. The highest BCUT2D eigenvalue weighted by Gasteiger charge is 2.25. The molecule has 29 heavy (non-hydrogen) atoms. The Bertz CT molecular complexity index is 1270. The van der Waals surface area contributed by atoms with Gasteiger partial charge in [0.2, 0.25) is 0 Å². The van der Waals surface area contributed by atoms with Crippen molar-refractivity contribution >= 4 is 38.6 Å². The van der Waals surface area contributed by atoms with E-state index in [1.165, 1.54) is 0 Å². The van der Waals surface area contributed by atoms with Gasteiger partial charge in [-0.25, -0.2) is 4.98 Å². The minimum Gasteiger partial charge on any atom is -0.453 e. The molecule has 5 aromatic rings. The molecule has 0 N–H and O–H groups in total. The Labute approximate surface area is 171 Å². The Morgan fingerprint density at radius 2 is 1.45 bits per heavy atom. The van der Waals surface area contributed by atoms with Crippen LogP contribution in [-0.4, -0.2) is 9.97 Å². The Morgan fingerprint density at radius 3 is 2.14 bits per heavy atom. The number of ether oxygens (including phenoxy) is 1. The first kappa shape index (κ1) is 16.3. The van der Waals surface area contributed by atoms with Gasteiger partial charge < -0.3 is 9.64 Å². The Hall–Kier alpha value is -3.70. The van der Waals surface area contributed by atoms with Crippen LogP contribution in [0, 0.1) is 0 Å². The number of fused-ring (bicyclic) bond motifs is 3. The van der Waals surface area contributed by atoms with Crippen molar-refractivity contribution in [3.63, 3.8) is 0 Å². The molecule has 0 aliphatic carbocycles. The number of para-hydroxylation sites is 4. The monoisotopic (exact) mass is 393 g/mol. The molecular weight excluding hydrogens is 378 g/mol. The summed E-state index contributed by atoms with van der Waals surface area (Å²) in [4.78, 5) is 11.2. The standard InChI is InChI=1S/C24H15N3OS/c1-3-7-21-19(5-1)27(20-6-2-4-8-22(20)28-21)17-11-9-16(10-12-17)24-26-18-13-14-25-15-23(18)29-24/h1-15H. The summed E-state index contributed by atoms with van der Waals surface area (Å²) in [6.45, 7) is 0. The fourth-order valence-corrected chi connectivity index (χ4v) is 4.58. The fraction of sp³-hybridized carbons (Fsp3) is 0. The van der Waals surface area contributed by atoms with E-state index in [-0.39, 0.29) is 0 Å². The van der Waals surface area contributed by atoms with Gasteiger partial charge in [0.15, 0.2) is 11.5 Å². The lowest BCUT2D eigenvalue weighted by Gasteiger charge is -2.32. The molecule has 0 atom stereocenters. The van der Waals surface area contributed by atoms with Crippen LogP contribution in [0.1, 0.15) is 0 Å². The van der Waals surface area contributed by atoms with E-state index >= 15 is 0 Å². The Kier molecular flexibility index (Phi) is 3.61. The van der Waals surface area contributed by atoms with Crippen molar-refractivity contribution in [2.75, 3.05) is 4.90 Å². The summed E-state index contributed by atoms with van der Waals surface area (Å²) in [6.07, 6.45) is 3.65. The van der Waals surface area contributed by atoms with Crippen LogP contribution in [0.4, 0.5) is 17.1 Å². The molecule has 0 spiro atoms. The van der Waals surface area contributed by atoms with Crippen molar-refractivity contribution < 1.29 is 4.74 Å². The number of anilines is 3. The van der Waals surface area contributed by atoms with E-state index < -0.39 is 0 Å². The quantitative estimate of drug-likeness (QED) is 0.319. The molecule has 0 amide bonds. The number of thiazole rings is 1. The number of benzene rings is 3. The summed E-state index contributed by atoms with van der Waals surface area (Å²) in [7, 11) is 0. The minimum absolute atomic E-state index is 0.856. The van der Waals surface area contributed by atoms with Crippen molar-refractivity contribution in [3.05, 3.63) is 91.3 Å². The SMILES string of the molecule is c1ccc2c(c1)Oc1ccccc1N2c1ccc(-c2nc3ccncc3s2)cc1. The second-order valence-electron chi connectivity index (χ2n) is 6.78. The smallest absolute Gasteiger partial charge is 0.151 e. The zero-order valence-electron chi connectivity index (χ0n) is 15.3. The van der Waals surface area contributed by atoms with Crippen LogP contribution in [0.15, 0.2) is 91.3 Å². The van der Waals surface area contributed by atoms with Crippen LogP contribution in [-0.2, 0) is 0 Å². The van der Waals surface area contributed by atoms with Crippen molar-refractivity contribution in [1.29, 1.82) is 0 Å². The van der Waals surface area contributed by atoms with Crippen molar-refractivity contribution in [3.8, 4) is 22.1 Å². The second kappa shape index (κ2) is 6.43. The third kappa shape index (κ3) is 2.67. The number of aromatic nitrogens is 2. The molecule has 1 aliphatic heterocycles. The van der Waals surface area contributed by atoms with Crippen LogP contribution < -0.4 is 9.64 Å². The lowest BCUT2D eigenvalue weighted by molar-refractivity contribution is 0.477. The van der Waals surface area contributed by atoms with Crippen LogP contribution in [0.3, 0.4) is 0 Å². The van der Waals surface area contributed by atoms with Gasteiger partial charge in [0, 0.05) is 23.6 Å². The first-order valence-electron chi connectivity index (χ1n) is 9.34. The molecule has 4 nitrogen and oxygen atoms in total. The van der Waals surface area contributed by atoms with Crippen LogP contribution in [0.5, 0.6) is 11.5 Å². The van der Waals surface area contributed by atoms with Gasteiger partial charge in [-0.1, -0.05) is 24.3 Å². The van der Waals surface area contributed by atoms with Gasteiger partial charge in [-0.15, -0.1) is 11.3 Å². The van der Waals surface area contributed by atoms with E-state index in [0.29, 0.717) is 0 Å². The Morgan fingerprint density at radius 1 is 0.759 bits per heavy atom. The Balaban J connectivity index is 1.44. The zero-order valence-corrected chi connectivity index (χ0v) is 16.1. The van der Waals surface area contributed by atoms with E-state index in [9.17, 15) is 0 Å². The lowest BCUT2D eigenvalue weighted by Crippen LogP contribution is -2.15. The van der Waals surface area contributed by atoms with E-state index in [1.807, 2.05) is 48.7 Å². The maximum Gasteiger partial charge on any atom is 0.151 e. The number of hydrogen-bond acceptors (Lipinski definition) is 5. The topological polar surface area (TPSA) is 38.2 Å². The molecule has 1 aliphatic rings. The predicted molar refractivity (Wildman–Crippen MR) is 118 cm³/mol. The highest BCUT2D eigenvalue weighted by molar-refractivity contribution is 7.21. The molecule has 2 aromatic heterocycles. The molecule has 3 heterocycles. The third-order valence-electron chi connectivity index (χ3n) is 5.00. The number of hydrogen-bond donors (Lipinski definition) is 0. The largest absolute Gasteiger partial charge is 0.453 e. The van der Waals surface area contributed by atoms with Gasteiger partial charge in [0.1, 0.15) is 5.01 Å². The summed E-state index contributed by atoms with van der Waals surface area (Å²) in [5.41, 5.74) is 5.24. The normalized spacial score (nSPS) is 12.3. The van der Waals surface area contributed by atoms with Crippen molar-refractivity contribution in [1.82, 2.24) is 9.97 Å². The maximum atomic E-state index is 6.10. The first-order chi connectivity index (χ1) is 14.4. The van der Waals surface area contributed by atoms with Gasteiger partial charge >= 0.3 is 0 Å². The van der Waals surface area contributed by atoms with Crippen molar-refractivity contribution in [2.24, 2.45) is 0 Å². The number of pyridine rings is 1. The highest BCUT2D eigenvalue weighted by Crippen LogP contribution is 2.50. The van der Waals surface area contributed by atoms with Crippen molar-refractivity contribution in [2.45, 2.75) is 0 Å². The fourth-order valence-electron chi connectivity index (χ4n) is 3.64. The molecule has 3 aromatic carbocycles. The molecule has 5 heteroatoms. The summed E-state index contributed by atoms with van der Waals surface area (Å²) in [5.74, 6) is 1.71. The van der Waals surface area contributed by atoms with Crippen LogP contribution in [0.2, 0.25) is 0 Å². The summed E-state index contributed by atoms with van der Waals surface area (Å²) < 4.78 is 7.20. The zero-order chi connectivity index (χ0) is 19.2. The van der Waals surface area contributed by atoms with Gasteiger partial charge in [-0.2, -0.15) is 0 Å². The van der Waals surface area contributed by atoms with E-state index in [1.54, 1.807) is 17.5 Å². The van der Waals surface area contributed by atoms with E-state index in [2.05, 4.69) is 46.3 Å². The molecule has 0 fully saturated rings. The highest BCUT2D eigenvalue weighted by atomic mass is 32.1. The third-order valence-corrected chi connectivity index (χ3v) is 6.05. The van der Waals surface area contributed by atoms with E-state index in [0.717, 1.165) is 49.3 Å². The lowest BCUT2D eigenvalue weighted by atomic mass is 10.1. The number of nitrogens with zero attached hydrogens (tertiary/aromatic N) is 3. The van der Waals surface area contributed by atoms with Gasteiger partial charge in [-0.05, 0) is 54.6 Å². The molecule has 138 valence electrons. The summed E-state index contributed by atoms with van der Waals surface area (Å²) in [6, 6.07) is 26.7. The molecular formula is C24H15N3OS. The first-order valence-corrected chi connectivity index (χ1v) is 10.2. The average molecular weight is 393 g/mol. The average Bonchev–Trinajstić information content (AvgIpc) is 3.22. The molecule has 6 rings (SSSR count). The van der Waals surface area contributed by atoms with Crippen LogP contribution in [0.25, 0.3) is 20.8 Å². The molecule has 0 saturated heterocycles. The van der Waals surface area contributed by atoms with Gasteiger partial charge in [-0.3, -0.25) is 4.98 Å².